The van der Waals surface area contributed by atoms with Crippen molar-refractivity contribution in [3.8, 4) is 5.75 Å². The molecule has 15 heavy (non-hydrogen) atoms. The number of ether oxygens (including phenoxy) is 2. The maximum atomic E-state index is 9.94. The zero-order valence-electron chi connectivity index (χ0n) is 9.49. The maximum absolute atomic E-state index is 9.94. The van der Waals surface area contributed by atoms with Gasteiger partial charge >= 0.3 is 0 Å². The highest BCUT2D eigenvalue weighted by Gasteiger charge is 2.20. The van der Waals surface area contributed by atoms with Gasteiger partial charge in [-0.15, -0.1) is 0 Å². The lowest BCUT2D eigenvalue weighted by Crippen LogP contribution is -2.32. The van der Waals surface area contributed by atoms with Gasteiger partial charge in [0.2, 0.25) is 0 Å². The van der Waals surface area contributed by atoms with Crippen molar-refractivity contribution in [3.05, 3.63) is 29.8 Å². The van der Waals surface area contributed by atoms with Crippen LogP contribution in [-0.4, -0.2) is 31.5 Å². The summed E-state index contributed by atoms with van der Waals surface area (Å²) in [4.78, 5) is 0. The quantitative estimate of drug-likeness (QED) is 0.803. The van der Waals surface area contributed by atoms with Gasteiger partial charge in [-0.25, -0.2) is 0 Å². The van der Waals surface area contributed by atoms with Crippen LogP contribution < -0.4 is 4.74 Å². The Labute approximate surface area is 90.6 Å². The van der Waals surface area contributed by atoms with E-state index in [9.17, 15) is 5.11 Å². The second kappa shape index (κ2) is 5.14. The lowest BCUT2D eigenvalue weighted by Gasteiger charge is -2.22. The van der Waals surface area contributed by atoms with Crippen LogP contribution in [0.1, 0.15) is 12.5 Å². The summed E-state index contributed by atoms with van der Waals surface area (Å²) in [5.74, 6) is 0.824. The third-order valence-corrected chi connectivity index (χ3v) is 2.20. The Morgan fingerprint density at radius 2 is 1.80 bits per heavy atom. The summed E-state index contributed by atoms with van der Waals surface area (Å²) in [6.45, 7) is 2.10. The van der Waals surface area contributed by atoms with Crippen molar-refractivity contribution in [3.63, 3.8) is 0 Å². The average Bonchev–Trinajstić information content (AvgIpc) is 2.18. The van der Waals surface area contributed by atoms with Crippen molar-refractivity contribution in [2.24, 2.45) is 0 Å². The molecule has 1 aromatic rings. The second-order valence-electron chi connectivity index (χ2n) is 3.95. The Hall–Kier alpha value is -1.06. The van der Waals surface area contributed by atoms with Gasteiger partial charge in [-0.05, 0) is 24.6 Å². The topological polar surface area (TPSA) is 38.7 Å². The molecule has 1 N–H and O–H groups in total. The fourth-order valence-corrected chi connectivity index (χ4v) is 1.55. The van der Waals surface area contributed by atoms with E-state index < -0.39 is 5.60 Å². The van der Waals surface area contributed by atoms with E-state index in [0.29, 0.717) is 13.0 Å². The van der Waals surface area contributed by atoms with Gasteiger partial charge in [-0.3, -0.25) is 0 Å². The lowest BCUT2D eigenvalue weighted by atomic mass is 9.97. The molecule has 0 radical (unpaired) electrons. The van der Waals surface area contributed by atoms with Gasteiger partial charge in [-0.1, -0.05) is 12.1 Å². The summed E-state index contributed by atoms with van der Waals surface area (Å²) in [5, 5.41) is 9.94. The molecule has 0 aromatic heterocycles. The molecule has 1 unspecified atom stereocenters. The van der Waals surface area contributed by atoms with Crippen LogP contribution in [-0.2, 0) is 11.2 Å². The van der Waals surface area contributed by atoms with Crippen molar-refractivity contribution >= 4 is 0 Å². The lowest BCUT2D eigenvalue weighted by molar-refractivity contribution is -0.0161. The Morgan fingerprint density at radius 1 is 1.20 bits per heavy atom. The third-order valence-electron chi connectivity index (χ3n) is 2.20. The van der Waals surface area contributed by atoms with E-state index in [1.165, 1.54) is 0 Å². The van der Waals surface area contributed by atoms with E-state index in [0.717, 1.165) is 11.3 Å². The molecule has 3 heteroatoms. The number of benzene rings is 1. The highest BCUT2D eigenvalue weighted by atomic mass is 16.5. The normalized spacial score (nSPS) is 14.7. The molecule has 0 saturated heterocycles. The van der Waals surface area contributed by atoms with E-state index in [1.54, 1.807) is 21.1 Å². The molecule has 0 spiro atoms. The number of rotatable bonds is 5. The molecule has 1 aromatic carbocycles. The van der Waals surface area contributed by atoms with Crippen LogP contribution in [0.3, 0.4) is 0 Å². The fourth-order valence-electron chi connectivity index (χ4n) is 1.55. The van der Waals surface area contributed by atoms with E-state index in [1.807, 2.05) is 24.3 Å². The molecule has 0 heterocycles. The fraction of sp³-hybridized carbons (Fsp3) is 0.500. The highest BCUT2D eigenvalue weighted by molar-refractivity contribution is 5.27. The maximum Gasteiger partial charge on any atom is 0.118 e. The van der Waals surface area contributed by atoms with Crippen molar-refractivity contribution in [1.29, 1.82) is 0 Å². The van der Waals surface area contributed by atoms with E-state index in [4.69, 9.17) is 9.47 Å². The molecule has 0 saturated carbocycles. The summed E-state index contributed by atoms with van der Waals surface area (Å²) in [6, 6.07) is 7.67. The van der Waals surface area contributed by atoms with Crippen LogP contribution >= 0.6 is 0 Å². The Kier molecular flexibility index (Phi) is 4.12. The van der Waals surface area contributed by atoms with E-state index in [-0.39, 0.29) is 0 Å². The summed E-state index contributed by atoms with van der Waals surface area (Å²) in [7, 11) is 3.22. The summed E-state index contributed by atoms with van der Waals surface area (Å²) in [5.41, 5.74) is 0.251. The van der Waals surface area contributed by atoms with Crippen LogP contribution in [0, 0.1) is 0 Å². The monoisotopic (exact) mass is 210 g/mol. The number of hydrogen-bond acceptors (Lipinski definition) is 3. The Bertz CT molecular complexity index is 290. The highest BCUT2D eigenvalue weighted by Crippen LogP contribution is 2.17. The first-order valence-corrected chi connectivity index (χ1v) is 4.91. The molecule has 0 aliphatic rings. The van der Waals surface area contributed by atoms with Gasteiger partial charge in [0.05, 0.1) is 19.3 Å². The zero-order chi connectivity index (χ0) is 11.3. The molecule has 0 aliphatic heterocycles. The van der Waals surface area contributed by atoms with Gasteiger partial charge < -0.3 is 14.6 Å². The van der Waals surface area contributed by atoms with Gasteiger partial charge in [0, 0.05) is 13.5 Å². The minimum atomic E-state index is -0.816. The van der Waals surface area contributed by atoms with Crippen molar-refractivity contribution < 1.29 is 14.6 Å². The zero-order valence-corrected chi connectivity index (χ0v) is 9.49. The number of hydrogen-bond donors (Lipinski definition) is 1. The minimum absolute atomic E-state index is 0.332. The summed E-state index contributed by atoms with van der Waals surface area (Å²) < 4.78 is 10.0. The second-order valence-corrected chi connectivity index (χ2v) is 3.95. The molecule has 1 atom stereocenters. The van der Waals surface area contributed by atoms with Crippen LogP contribution in [0.25, 0.3) is 0 Å². The van der Waals surface area contributed by atoms with Gasteiger partial charge in [0.25, 0.3) is 0 Å². The average molecular weight is 210 g/mol. The standard InChI is InChI=1S/C12H18O3/c1-12(13,9-14-2)8-10-4-6-11(15-3)7-5-10/h4-7,13H,8-9H2,1-3H3. The van der Waals surface area contributed by atoms with Crippen molar-refractivity contribution in [1.82, 2.24) is 0 Å². The number of aliphatic hydroxyl groups is 1. The molecule has 3 nitrogen and oxygen atoms in total. The number of methoxy groups -OCH3 is 2. The smallest absolute Gasteiger partial charge is 0.118 e. The molecule has 84 valence electrons. The first-order chi connectivity index (χ1) is 7.07. The predicted octanol–water partition coefficient (Wildman–Crippen LogP) is 1.64. The minimum Gasteiger partial charge on any atom is -0.497 e. The molecule has 1 rings (SSSR count). The first kappa shape index (κ1) is 12.0. The van der Waals surface area contributed by atoms with Crippen molar-refractivity contribution in [2.75, 3.05) is 20.8 Å². The predicted molar refractivity (Wildman–Crippen MR) is 59.2 cm³/mol. The van der Waals surface area contributed by atoms with Crippen molar-refractivity contribution in [2.45, 2.75) is 18.9 Å². The van der Waals surface area contributed by atoms with E-state index >= 15 is 0 Å². The van der Waals surface area contributed by atoms with Crippen LogP contribution in [0.4, 0.5) is 0 Å². The Morgan fingerprint density at radius 3 is 2.27 bits per heavy atom. The third kappa shape index (κ3) is 3.90. The van der Waals surface area contributed by atoms with Crippen LogP contribution in [0.15, 0.2) is 24.3 Å². The van der Waals surface area contributed by atoms with Gasteiger partial charge in [-0.2, -0.15) is 0 Å². The van der Waals surface area contributed by atoms with Crippen LogP contribution in [0.2, 0.25) is 0 Å². The summed E-state index contributed by atoms with van der Waals surface area (Å²) >= 11 is 0. The van der Waals surface area contributed by atoms with Crippen LogP contribution in [0.5, 0.6) is 5.75 Å². The largest absolute Gasteiger partial charge is 0.497 e. The molecule has 0 bridgehead atoms. The molecular weight excluding hydrogens is 192 g/mol. The molecule has 0 amide bonds. The Balaban J connectivity index is 2.64. The summed E-state index contributed by atoms with van der Waals surface area (Å²) in [6.07, 6.45) is 0.574. The van der Waals surface area contributed by atoms with Gasteiger partial charge in [0.1, 0.15) is 5.75 Å². The van der Waals surface area contributed by atoms with Gasteiger partial charge in [0.15, 0.2) is 0 Å². The SMILES string of the molecule is COCC(C)(O)Cc1ccc(OC)cc1. The van der Waals surface area contributed by atoms with E-state index in [2.05, 4.69) is 0 Å². The molecule has 0 aliphatic carbocycles. The molecule has 0 fully saturated rings. The molecular formula is C12H18O3. The first-order valence-electron chi connectivity index (χ1n) is 4.91.